The molecule has 0 aliphatic rings. The fourth-order valence-electron chi connectivity index (χ4n) is 2.54. The van der Waals surface area contributed by atoms with Gasteiger partial charge in [0, 0.05) is 17.6 Å². The predicted molar refractivity (Wildman–Crippen MR) is 103 cm³/mol. The number of anilines is 1. The van der Waals surface area contributed by atoms with E-state index in [1.807, 2.05) is 0 Å². The summed E-state index contributed by atoms with van der Waals surface area (Å²) in [6.45, 7) is 0.399. The van der Waals surface area contributed by atoms with E-state index in [2.05, 4.69) is 15.0 Å². The van der Waals surface area contributed by atoms with Gasteiger partial charge in [-0.2, -0.15) is 0 Å². The van der Waals surface area contributed by atoms with E-state index in [0.29, 0.717) is 35.8 Å². The minimum absolute atomic E-state index is 0.000601. The maximum Gasteiger partial charge on any atom is 0.338 e. The van der Waals surface area contributed by atoms with Crippen LogP contribution in [0.4, 0.5) is 5.69 Å². The summed E-state index contributed by atoms with van der Waals surface area (Å²) in [5, 5.41) is 14.0. The van der Waals surface area contributed by atoms with Crippen LogP contribution in [0.25, 0.3) is 10.8 Å². The minimum Gasteiger partial charge on any atom is -0.507 e. The molecule has 0 unspecified atom stereocenters. The molecule has 1 atom stereocenters. The van der Waals surface area contributed by atoms with Crippen molar-refractivity contribution in [1.82, 2.24) is 0 Å². The highest BCUT2D eigenvalue weighted by molar-refractivity contribution is 6.01. The van der Waals surface area contributed by atoms with E-state index in [4.69, 9.17) is 17.2 Å². The number of fused-ring (bicyclic) bond motifs is 1. The molecule has 0 saturated carbocycles. The number of phenols is 1. The summed E-state index contributed by atoms with van der Waals surface area (Å²) >= 11 is 0. The second-order valence-corrected chi connectivity index (χ2v) is 5.97. The van der Waals surface area contributed by atoms with Crippen molar-refractivity contribution in [2.75, 3.05) is 19.0 Å². The third kappa shape index (κ3) is 5.32. The van der Waals surface area contributed by atoms with Gasteiger partial charge in [-0.1, -0.05) is 6.07 Å². The molecule has 0 radical (unpaired) electrons. The first kappa shape index (κ1) is 20.0. The summed E-state index contributed by atoms with van der Waals surface area (Å²) in [6, 6.07) is 7.14. The number of carbonyl (C=O) groups excluding carboxylic acids is 2. The van der Waals surface area contributed by atoms with Gasteiger partial charge in [0.2, 0.25) is 5.91 Å². The number of nitrogens with zero attached hydrogens (tertiary/aromatic N) is 1. The van der Waals surface area contributed by atoms with E-state index in [1.54, 1.807) is 24.3 Å². The number of nitrogens with one attached hydrogen (secondary N) is 1. The Balaban J connectivity index is 2.08. The number of benzene rings is 2. The molecule has 8 N–H and O–H groups in total. The van der Waals surface area contributed by atoms with Gasteiger partial charge in [-0.3, -0.25) is 9.79 Å². The normalized spacial score (nSPS) is 11.6. The topological polar surface area (TPSA) is 166 Å². The zero-order valence-electron chi connectivity index (χ0n) is 14.9. The van der Waals surface area contributed by atoms with Crippen molar-refractivity contribution in [3.63, 3.8) is 0 Å². The third-order valence-corrected chi connectivity index (χ3v) is 3.93. The lowest BCUT2D eigenvalue weighted by molar-refractivity contribution is -0.117. The number of hydrogen-bond donors (Lipinski definition) is 5. The number of methoxy groups -OCH3 is 1. The summed E-state index contributed by atoms with van der Waals surface area (Å²) in [5.41, 5.74) is 17.1. The number of carbonyl (C=O) groups is 2. The van der Waals surface area contributed by atoms with Crippen LogP contribution in [0.5, 0.6) is 5.75 Å². The number of nitrogens with two attached hydrogens (primary N) is 3. The van der Waals surface area contributed by atoms with Crippen molar-refractivity contribution in [2.45, 2.75) is 18.9 Å². The highest BCUT2D eigenvalue weighted by Crippen LogP contribution is 2.29. The van der Waals surface area contributed by atoms with Gasteiger partial charge in [0.05, 0.1) is 18.7 Å². The maximum absolute atomic E-state index is 12.2. The number of hydrogen-bond acceptors (Lipinski definition) is 6. The number of guanidine groups is 1. The van der Waals surface area contributed by atoms with Crippen molar-refractivity contribution in [3.05, 3.63) is 35.9 Å². The second kappa shape index (κ2) is 8.86. The average Bonchev–Trinajstić information content (AvgIpc) is 2.64. The molecule has 1 amide bonds. The Morgan fingerprint density at radius 3 is 2.67 bits per heavy atom. The van der Waals surface area contributed by atoms with Crippen LogP contribution in [0.1, 0.15) is 23.2 Å². The molecule has 0 bridgehead atoms. The molecule has 0 spiro atoms. The molecule has 0 heterocycles. The Labute approximate surface area is 156 Å². The van der Waals surface area contributed by atoms with E-state index in [1.165, 1.54) is 13.2 Å². The summed E-state index contributed by atoms with van der Waals surface area (Å²) < 4.78 is 4.65. The summed E-state index contributed by atoms with van der Waals surface area (Å²) in [7, 11) is 1.27. The second-order valence-electron chi connectivity index (χ2n) is 5.97. The van der Waals surface area contributed by atoms with Crippen LogP contribution in [0, 0.1) is 0 Å². The summed E-state index contributed by atoms with van der Waals surface area (Å²) in [6.07, 6.45) is 0.991. The number of esters is 1. The third-order valence-electron chi connectivity index (χ3n) is 3.93. The Hall–Kier alpha value is -3.33. The molecule has 144 valence electrons. The minimum atomic E-state index is -0.717. The standard InChI is InChI=1S/C18H23N5O4/c1-27-17(26)11-7-10-4-5-12(9-13(10)15(24)8-11)23-16(25)14(19)3-2-6-22-18(20)21/h4-5,7-9,14,24H,2-3,6,19H2,1H3,(H,23,25)(H4,20,21,22)/t14-/m0/s1. The average molecular weight is 373 g/mol. The van der Waals surface area contributed by atoms with Crippen LogP contribution in [-0.4, -0.2) is 42.6 Å². The van der Waals surface area contributed by atoms with Crippen LogP contribution < -0.4 is 22.5 Å². The zero-order chi connectivity index (χ0) is 20.0. The fourth-order valence-corrected chi connectivity index (χ4v) is 2.54. The molecule has 2 aromatic rings. The first-order valence-electron chi connectivity index (χ1n) is 8.28. The number of ether oxygens (including phenoxy) is 1. The number of phenolic OH excluding ortho intramolecular Hbond substituents is 1. The number of aliphatic imine (C=N–C) groups is 1. The molecule has 0 aliphatic carbocycles. The van der Waals surface area contributed by atoms with Gasteiger partial charge in [0.25, 0.3) is 0 Å². The van der Waals surface area contributed by atoms with Crippen LogP contribution >= 0.6 is 0 Å². The van der Waals surface area contributed by atoms with Gasteiger partial charge < -0.3 is 32.4 Å². The smallest absolute Gasteiger partial charge is 0.338 e. The maximum atomic E-state index is 12.2. The number of rotatable bonds is 7. The monoisotopic (exact) mass is 373 g/mol. The Bertz CT molecular complexity index is 877. The van der Waals surface area contributed by atoms with Crippen molar-refractivity contribution >= 4 is 34.3 Å². The van der Waals surface area contributed by atoms with Gasteiger partial charge in [-0.15, -0.1) is 0 Å². The summed E-state index contributed by atoms with van der Waals surface area (Å²) in [5.74, 6) is -0.995. The lowest BCUT2D eigenvalue weighted by atomic mass is 10.0. The van der Waals surface area contributed by atoms with Crippen molar-refractivity contribution in [2.24, 2.45) is 22.2 Å². The van der Waals surface area contributed by atoms with Crippen LogP contribution in [0.3, 0.4) is 0 Å². The largest absolute Gasteiger partial charge is 0.507 e. The van der Waals surface area contributed by atoms with Gasteiger partial charge >= 0.3 is 5.97 Å². The Kier molecular flexibility index (Phi) is 6.56. The molecule has 0 saturated heterocycles. The first-order chi connectivity index (χ1) is 12.8. The zero-order valence-corrected chi connectivity index (χ0v) is 14.9. The van der Waals surface area contributed by atoms with E-state index in [-0.39, 0.29) is 23.2 Å². The van der Waals surface area contributed by atoms with Crippen molar-refractivity contribution in [1.29, 1.82) is 0 Å². The molecule has 0 aliphatic heterocycles. The van der Waals surface area contributed by atoms with Gasteiger partial charge in [-0.05, 0) is 42.5 Å². The molecule has 0 fully saturated rings. The van der Waals surface area contributed by atoms with Gasteiger partial charge in [0.15, 0.2) is 5.96 Å². The molecule has 9 nitrogen and oxygen atoms in total. The van der Waals surface area contributed by atoms with Gasteiger partial charge in [0.1, 0.15) is 5.75 Å². The fraction of sp³-hybridized carbons (Fsp3) is 0.278. The predicted octanol–water partition coefficient (Wildman–Crippen LogP) is 0.651. The quantitative estimate of drug-likeness (QED) is 0.206. The lowest BCUT2D eigenvalue weighted by Gasteiger charge is -2.13. The van der Waals surface area contributed by atoms with Crippen LogP contribution in [-0.2, 0) is 9.53 Å². The molecule has 0 aromatic heterocycles. The molecular weight excluding hydrogens is 350 g/mol. The van der Waals surface area contributed by atoms with E-state index in [0.717, 1.165) is 0 Å². The number of amides is 1. The molecule has 27 heavy (non-hydrogen) atoms. The lowest BCUT2D eigenvalue weighted by Crippen LogP contribution is -2.35. The van der Waals surface area contributed by atoms with Crippen LogP contribution in [0.2, 0.25) is 0 Å². The SMILES string of the molecule is COC(=O)c1cc(O)c2cc(NC(=O)[C@@H](N)CCCN=C(N)N)ccc2c1. The molecule has 2 rings (SSSR count). The first-order valence-corrected chi connectivity index (χ1v) is 8.28. The summed E-state index contributed by atoms with van der Waals surface area (Å²) in [4.78, 5) is 27.6. The van der Waals surface area contributed by atoms with E-state index < -0.39 is 12.0 Å². The highest BCUT2D eigenvalue weighted by Gasteiger charge is 2.15. The Morgan fingerprint density at radius 1 is 1.26 bits per heavy atom. The molecular formula is C18H23N5O4. The van der Waals surface area contributed by atoms with Crippen molar-refractivity contribution in [3.8, 4) is 5.75 Å². The highest BCUT2D eigenvalue weighted by atomic mass is 16.5. The Morgan fingerprint density at radius 2 is 2.00 bits per heavy atom. The van der Waals surface area contributed by atoms with E-state index >= 15 is 0 Å². The molecule has 2 aromatic carbocycles. The van der Waals surface area contributed by atoms with E-state index in [9.17, 15) is 14.7 Å². The van der Waals surface area contributed by atoms with Crippen LogP contribution in [0.15, 0.2) is 35.3 Å². The number of aromatic hydroxyl groups is 1. The molecule has 9 heteroatoms. The van der Waals surface area contributed by atoms with Crippen molar-refractivity contribution < 1.29 is 19.4 Å². The van der Waals surface area contributed by atoms with Gasteiger partial charge in [-0.25, -0.2) is 4.79 Å².